The summed E-state index contributed by atoms with van der Waals surface area (Å²) in [7, 11) is -3.88. The number of carbonyl (C=O) groups excluding carboxylic acids is 1. The standard InChI is InChI=1S/C21H23NO5S/c1-5-26-21(23)19-15(4)27-18-11-8-14(3)12-17(18)20(19)22-28(24,25)16-9-6-13(2)7-10-16/h6-12,20,22H,5H2,1-4H3. The Bertz CT molecular complexity index is 1040. The Morgan fingerprint density at radius 2 is 1.71 bits per heavy atom. The van der Waals surface area contributed by atoms with Crippen LogP contribution in [-0.2, 0) is 19.6 Å². The van der Waals surface area contributed by atoms with Crippen molar-refractivity contribution in [2.45, 2.75) is 38.6 Å². The quantitative estimate of drug-likeness (QED) is 0.775. The summed E-state index contributed by atoms with van der Waals surface area (Å²) >= 11 is 0. The molecule has 1 heterocycles. The normalized spacial score (nSPS) is 16.4. The summed E-state index contributed by atoms with van der Waals surface area (Å²) in [6.07, 6.45) is 0. The Labute approximate surface area is 165 Å². The maximum atomic E-state index is 13.0. The molecule has 1 unspecified atom stereocenters. The minimum absolute atomic E-state index is 0.125. The third kappa shape index (κ3) is 3.95. The van der Waals surface area contributed by atoms with Crippen LogP contribution in [0.4, 0.5) is 0 Å². The van der Waals surface area contributed by atoms with Crippen LogP contribution in [-0.4, -0.2) is 21.0 Å². The summed E-state index contributed by atoms with van der Waals surface area (Å²) in [5, 5.41) is 0. The lowest BCUT2D eigenvalue weighted by Gasteiger charge is -2.29. The molecule has 7 heteroatoms. The van der Waals surface area contributed by atoms with E-state index in [1.54, 1.807) is 32.0 Å². The van der Waals surface area contributed by atoms with Gasteiger partial charge in [0.25, 0.3) is 0 Å². The van der Waals surface area contributed by atoms with Crippen LogP contribution < -0.4 is 9.46 Å². The molecule has 3 rings (SSSR count). The SMILES string of the molecule is CCOC(=O)C1=C(C)Oc2ccc(C)cc2C1NS(=O)(=O)c1ccc(C)cc1. The Morgan fingerprint density at radius 3 is 2.36 bits per heavy atom. The predicted molar refractivity (Wildman–Crippen MR) is 105 cm³/mol. The van der Waals surface area contributed by atoms with Gasteiger partial charge in [-0.25, -0.2) is 13.2 Å². The van der Waals surface area contributed by atoms with Crippen LogP contribution in [0, 0.1) is 13.8 Å². The van der Waals surface area contributed by atoms with Gasteiger partial charge in [0.1, 0.15) is 11.5 Å². The van der Waals surface area contributed by atoms with Crippen LogP contribution in [0.2, 0.25) is 0 Å². The van der Waals surface area contributed by atoms with Crippen molar-refractivity contribution in [3.63, 3.8) is 0 Å². The van der Waals surface area contributed by atoms with Crippen molar-refractivity contribution in [2.24, 2.45) is 0 Å². The van der Waals surface area contributed by atoms with E-state index in [1.165, 1.54) is 12.1 Å². The van der Waals surface area contributed by atoms with Gasteiger partial charge in [-0.15, -0.1) is 0 Å². The van der Waals surface area contributed by atoms with Gasteiger partial charge in [-0.1, -0.05) is 35.4 Å². The molecule has 0 spiro atoms. The molecule has 0 aromatic heterocycles. The number of hydrogen-bond donors (Lipinski definition) is 1. The maximum absolute atomic E-state index is 13.0. The minimum Gasteiger partial charge on any atom is -0.462 e. The number of allylic oxidation sites excluding steroid dienone is 1. The number of carbonyl (C=O) groups is 1. The molecule has 2 aromatic rings. The number of fused-ring (bicyclic) bond motifs is 1. The highest BCUT2D eigenvalue weighted by molar-refractivity contribution is 7.89. The van der Waals surface area contributed by atoms with Gasteiger partial charge in [0.2, 0.25) is 10.0 Å². The average molecular weight is 401 g/mol. The van der Waals surface area contributed by atoms with E-state index in [0.717, 1.165) is 11.1 Å². The molecular formula is C21H23NO5S. The van der Waals surface area contributed by atoms with Gasteiger partial charge in [0.15, 0.2) is 0 Å². The Hall–Kier alpha value is -2.64. The summed E-state index contributed by atoms with van der Waals surface area (Å²) in [4.78, 5) is 12.7. The van der Waals surface area contributed by atoms with Crippen LogP contribution in [0.3, 0.4) is 0 Å². The van der Waals surface area contributed by atoms with Gasteiger partial charge in [-0.05, 0) is 45.9 Å². The molecule has 6 nitrogen and oxygen atoms in total. The minimum atomic E-state index is -3.88. The molecule has 1 N–H and O–H groups in total. The first kappa shape index (κ1) is 20.1. The molecule has 0 saturated heterocycles. The number of hydrogen-bond acceptors (Lipinski definition) is 5. The number of aryl methyl sites for hydroxylation is 2. The third-order valence-electron chi connectivity index (χ3n) is 4.51. The van der Waals surface area contributed by atoms with Gasteiger partial charge >= 0.3 is 5.97 Å². The fraction of sp³-hybridized carbons (Fsp3) is 0.286. The van der Waals surface area contributed by atoms with E-state index in [4.69, 9.17) is 9.47 Å². The topological polar surface area (TPSA) is 81.7 Å². The number of rotatable bonds is 5. The van der Waals surface area contributed by atoms with Gasteiger partial charge in [0, 0.05) is 5.56 Å². The van der Waals surface area contributed by atoms with Crippen molar-refractivity contribution in [1.82, 2.24) is 4.72 Å². The van der Waals surface area contributed by atoms with Gasteiger partial charge in [-0.2, -0.15) is 4.72 Å². The molecule has 0 aliphatic carbocycles. The molecular weight excluding hydrogens is 378 g/mol. The van der Waals surface area contributed by atoms with Crippen LogP contribution >= 0.6 is 0 Å². The molecule has 1 aliphatic rings. The van der Waals surface area contributed by atoms with Crippen LogP contribution in [0.15, 0.2) is 58.7 Å². The largest absolute Gasteiger partial charge is 0.462 e. The number of ether oxygens (including phenoxy) is 2. The molecule has 1 aliphatic heterocycles. The second-order valence-corrected chi connectivity index (χ2v) is 8.42. The predicted octanol–water partition coefficient (Wildman–Crippen LogP) is 3.55. The maximum Gasteiger partial charge on any atom is 0.339 e. The molecule has 0 amide bonds. The van der Waals surface area contributed by atoms with E-state index in [0.29, 0.717) is 17.1 Å². The second-order valence-electron chi connectivity index (χ2n) is 6.70. The van der Waals surface area contributed by atoms with E-state index < -0.39 is 22.0 Å². The first-order valence-electron chi connectivity index (χ1n) is 8.98. The lowest BCUT2D eigenvalue weighted by atomic mass is 9.94. The number of benzene rings is 2. The molecule has 0 fully saturated rings. The van der Waals surface area contributed by atoms with E-state index in [-0.39, 0.29) is 17.1 Å². The van der Waals surface area contributed by atoms with Crippen LogP contribution in [0.5, 0.6) is 5.75 Å². The van der Waals surface area contributed by atoms with E-state index in [9.17, 15) is 13.2 Å². The monoisotopic (exact) mass is 401 g/mol. The number of esters is 1. The molecule has 28 heavy (non-hydrogen) atoms. The van der Waals surface area contributed by atoms with Gasteiger partial charge in [0.05, 0.1) is 23.1 Å². The highest BCUT2D eigenvalue weighted by atomic mass is 32.2. The zero-order valence-electron chi connectivity index (χ0n) is 16.3. The molecule has 0 saturated carbocycles. The third-order valence-corrected chi connectivity index (χ3v) is 5.95. The Morgan fingerprint density at radius 1 is 1.07 bits per heavy atom. The van der Waals surface area contributed by atoms with Crippen molar-refractivity contribution in [3.05, 3.63) is 70.5 Å². The second kappa shape index (κ2) is 7.77. The fourth-order valence-corrected chi connectivity index (χ4v) is 4.28. The highest BCUT2D eigenvalue weighted by Crippen LogP contribution is 2.39. The van der Waals surface area contributed by atoms with Crippen molar-refractivity contribution in [3.8, 4) is 5.75 Å². The molecule has 1 atom stereocenters. The van der Waals surface area contributed by atoms with Crippen molar-refractivity contribution in [2.75, 3.05) is 6.61 Å². The summed E-state index contributed by atoms with van der Waals surface area (Å²) in [5.74, 6) is 0.211. The van der Waals surface area contributed by atoms with Crippen LogP contribution in [0.25, 0.3) is 0 Å². The average Bonchev–Trinajstić information content (AvgIpc) is 2.62. The number of nitrogens with one attached hydrogen (secondary N) is 1. The van der Waals surface area contributed by atoms with E-state index >= 15 is 0 Å². The number of sulfonamides is 1. The van der Waals surface area contributed by atoms with Gasteiger partial charge < -0.3 is 9.47 Å². The zero-order valence-corrected chi connectivity index (χ0v) is 17.1. The highest BCUT2D eigenvalue weighted by Gasteiger charge is 2.36. The van der Waals surface area contributed by atoms with Crippen LogP contribution in [0.1, 0.15) is 36.6 Å². The molecule has 2 aromatic carbocycles. The van der Waals surface area contributed by atoms with E-state index in [1.807, 2.05) is 26.0 Å². The smallest absolute Gasteiger partial charge is 0.339 e. The lowest BCUT2D eigenvalue weighted by molar-refractivity contribution is -0.139. The Kier molecular flexibility index (Phi) is 5.58. The first-order valence-corrected chi connectivity index (χ1v) is 10.5. The Balaban J connectivity index is 2.09. The summed E-state index contributed by atoms with van der Waals surface area (Å²) in [6.45, 7) is 7.27. The molecule has 148 valence electrons. The summed E-state index contributed by atoms with van der Waals surface area (Å²) in [5.41, 5.74) is 2.60. The van der Waals surface area contributed by atoms with Crippen molar-refractivity contribution >= 4 is 16.0 Å². The van der Waals surface area contributed by atoms with Crippen molar-refractivity contribution in [1.29, 1.82) is 0 Å². The van der Waals surface area contributed by atoms with E-state index in [2.05, 4.69) is 4.72 Å². The van der Waals surface area contributed by atoms with Crippen molar-refractivity contribution < 1.29 is 22.7 Å². The molecule has 0 radical (unpaired) electrons. The zero-order chi connectivity index (χ0) is 20.5. The summed E-state index contributed by atoms with van der Waals surface area (Å²) in [6, 6.07) is 11.1. The fourth-order valence-electron chi connectivity index (χ4n) is 3.10. The summed E-state index contributed by atoms with van der Waals surface area (Å²) < 4.78 is 39.6. The van der Waals surface area contributed by atoms with Gasteiger partial charge in [-0.3, -0.25) is 0 Å². The first-order chi connectivity index (χ1) is 13.2. The molecule has 0 bridgehead atoms. The lowest BCUT2D eigenvalue weighted by Crippen LogP contribution is -2.35.